The van der Waals surface area contributed by atoms with Crippen molar-refractivity contribution in [2.24, 2.45) is 0 Å². The van der Waals surface area contributed by atoms with E-state index in [1.807, 2.05) is 0 Å². The number of aromatic nitrogens is 3. The molecule has 0 spiro atoms. The maximum absolute atomic E-state index is 13.0. The Morgan fingerprint density at radius 1 is 1.00 bits per heavy atom. The van der Waals surface area contributed by atoms with Gasteiger partial charge < -0.3 is 5.32 Å². The van der Waals surface area contributed by atoms with Crippen LogP contribution in [0, 0.1) is 0 Å². The lowest BCUT2D eigenvalue weighted by atomic mass is 10.0. The second kappa shape index (κ2) is 6.80. The third-order valence-electron chi connectivity index (χ3n) is 4.19. The summed E-state index contributed by atoms with van der Waals surface area (Å²) < 4.78 is 39.0. The van der Waals surface area contributed by atoms with Gasteiger partial charge in [-0.2, -0.15) is 18.3 Å². The molecule has 4 rings (SSSR count). The first-order valence-corrected chi connectivity index (χ1v) is 8.30. The number of halogens is 3. The predicted molar refractivity (Wildman–Crippen MR) is 98.7 cm³/mol. The molecule has 2 aromatic carbocycles. The summed E-state index contributed by atoms with van der Waals surface area (Å²) in [5.41, 5.74) is 0.606. The van der Waals surface area contributed by atoms with Crippen molar-refractivity contribution in [1.82, 2.24) is 15.2 Å². The van der Waals surface area contributed by atoms with Crippen LogP contribution in [0.15, 0.2) is 66.9 Å². The Morgan fingerprint density at radius 2 is 1.82 bits per heavy atom. The van der Waals surface area contributed by atoms with E-state index in [1.54, 1.807) is 48.7 Å². The minimum absolute atomic E-state index is 0.300. The fraction of sp³-hybridized carbons (Fsp3) is 0.0500. The molecule has 0 unspecified atom stereocenters. The van der Waals surface area contributed by atoms with Gasteiger partial charge in [-0.1, -0.05) is 30.3 Å². The van der Waals surface area contributed by atoms with Crippen LogP contribution in [0.4, 0.5) is 19.0 Å². The molecule has 0 radical (unpaired) electrons. The van der Waals surface area contributed by atoms with Crippen LogP contribution in [0.3, 0.4) is 0 Å². The highest BCUT2D eigenvalue weighted by atomic mass is 19.4. The van der Waals surface area contributed by atoms with Crippen molar-refractivity contribution in [3.05, 3.63) is 78.0 Å². The van der Waals surface area contributed by atoms with Crippen LogP contribution in [0.1, 0.15) is 15.9 Å². The number of carbonyl (C=O) groups is 1. The Morgan fingerprint density at radius 3 is 2.57 bits per heavy atom. The standard InChI is InChI=1S/C20H13F3N4O/c21-20(22,23)14-5-1-4-13(11-14)16-8-7-12-3-2-6-15(18(12)25-16)19(28)26-17-9-10-24-27-17/h1-11H,(H2,24,26,27,28). The number of nitrogens with zero attached hydrogens (tertiary/aromatic N) is 2. The number of amides is 1. The topological polar surface area (TPSA) is 70.7 Å². The molecule has 0 aliphatic rings. The molecule has 8 heteroatoms. The van der Waals surface area contributed by atoms with Crippen molar-refractivity contribution in [2.75, 3.05) is 5.32 Å². The Bertz CT molecular complexity index is 1150. The van der Waals surface area contributed by atoms with Gasteiger partial charge in [0, 0.05) is 23.2 Å². The molecule has 0 atom stereocenters. The second-order valence-corrected chi connectivity index (χ2v) is 6.07. The van der Waals surface area contributed by atoms with Crippen LogP contribution >= 0.6 is 0 Å². The molecule has 2 heterocycles. The van der Waals surface area contributed by atoms with E-state index in [9.17, 15) is 18.0 Å². The monoisotopic (exact) mass is 382 g/mol. The second-order valence-electron chi connectivity index (χ2n) is 6.07. The zero-order valence-electron chi connectivity index (χ0n) is 14.3. The quantitative estimate of drug-likeness (QED) is 0.530. The lowest BCUT2D eigenvalue weighted by Gasteiger charge is -2.10. The summed E-state index contributed by atoms with van der Waals surface area (Å²) in [6.45, 7) is 0. The molecule has 2 N–H and O–H groups in total. The van der Waals surface area contributed by atoms with Crippen molar-refractivity contribution < 1.29 is 18.0 Å². The maximum atomic E-state index is 13.0. The summed E-state index contributed by atoms with van der Waals surface area (Å²) in [4.78, 5) is 17.1. The van der Waals surface area contributed by atoms with Crippen molar-refractivity contribution in [1.29, 1.82) is 0 Å². The molecule has 5 nitrogen and oxygen atoms in total. The van der Waals surface area contributed by atoms with E-state index in [-0.39, 0.29) is 0 Å². The van der Waals surface area contributed by atoms with E-state index in [0.29, 0.717) is 33.5 Å². The van der Waals surface area contributed by atoms with Crippen molar-refractivity contribution in [2.45, 2.75) is 6.18 Å². The van der Waals surface area contributed by atoms with Gasteiger partial charge in [0.05, 0.1) is 22.3 Å². The molecule has 0 aliphatic carbocycles. The number of hydrogen-bond donors (Lipinski definition) is 2. The largest absolute Gasteiger partial charge is 0.416 e. The van der Waals surface area contributed by atoms with Crippen LogP contribution in [-0.2, 0) is 6.18 Å². The zero-order valence-corrected chi connectivity index (χ0v) is 14.3. The fourth-order valence-corrected chi connectivity index (χ4v) is 2.86. The molecule has 0 saturated carbocycles. The van der Waals surface area contributed by atoms with Crippen LogP contribution in [-0.4, -0.2) is 21.1 Å². The third-order valence-corrected chi connectivity index (χ3v) is 4.19. The first-order chi connectivity index (χ1) is 13.4. The fourth-order valence-electron chi connectivity index (χ4n) is 2.86. The number of alkyl halides is 3. The van der Waals surface area contributed by atoms with Crippen LogP contribution in [0.5, 0.6) is 0 Å². The molecule has 1 amide bonds. The summed E-state index contributed by atoms with van der Waals surface area (Å²) in [7, 11) is 0. The normalized spacial score (nSPS) is 11.5. The number of rotatable bonds is 3. The lowest BCUT2D eigenvalue weighted by molar-refractivity contribution is -0.137. The van der Waals surface area contributed by atoms with Gasteiger partial charge in [-0.05, 0) is 24.3 Å². The van der Waals surface area contributed by atoms with E-state index in [2.05, 4.69) is 20.5 Å². The van der Waals surface area contributed by atoms with Gasteiger partial charge in [0.1, 0.15) is 0 Å². The highest BCUT2D eigenvalue weighted by Gasteiger charge is 2.30. The van der Waals surface area contributed by atoms with E-state index >= 15 is 0 Å². The highest BCUT2D eigenvalue weighted by Crippen LogP contribution is 2.32. The van der Waals surface area contributed by atoms with E-state index in [1.165, 1.54) is 6.07 Å². The average Bonchev–Trinajstić information content (AvgIpc) is 3.19. The molecular formula is C20H13F3N4O. The molecule has 2 aromatic heterocycles. The smallest absolute Gasteiger partial charge is 0.305 e. The number of H-pyrrole nitrogens is 1. The highest BCUT2D eigenvalue weighted by molar-refractivity contribution is 6.11. The SMILES string of the molecule is O=C(Nc1cc[nH]n1)c1cccc2ccc(-c3cccc(C(F)(F)F)c3)nc12. The number of para-hydroxylation sites is 1. The number of nitrogens with one attached hydrogen (secondary N) is 2. The zero-order chi connectivity index (χ0) is 19.7. The number of aromatic amines is 1. The molecule has 0 fully saturated rings. The molecule has 0 aliphatic heterocycles. The molecule has 140 valence electrons. The van der Waals surface area contributed by atoms with Gasteiger partial charge in [-0.15, -0.1) is 0 Å². The van der Waals surface area contributed by atoms with E-state index in [0.717, 1.165) is 12.1 Å². The molecule has 28 heavy (non-hydrogen) atoms. The third kappa shape index (κ3) is 3.44. The summed E-state index contributed by atoms with van der Waals surface area (Å²) in [5, 5.41) is 9.82. The Labute approximate surface area is 157 Å². The van der Waals surface area contributed by atoms with Crippen molar-refractivity contribution in [3.8, 4) is 11.3 Å². The Hall–Kier alpha value is -3.68. The number of carbonyl (C=O) groups excluding carboxylic acids is 1. The van der Waals surface area contributed by atoms with Crippen molar-refractivity contribution >= 4 is 22.6 Å². The van der Waals surface area contributed by atoms with Crippen LogP contribution in [0.25, 0.3) is 22.2 Å². The summed E-state index contributed by atoms with van der Waals surface area (Å²) >= 11 is 0. The van der Waals surface area contributed by atoms with Gasteiger partial charge in [-0.3, -0.25) is 9.89 Å². The summed E-state index contributed by atoms with van der Waals surface area (Å²) in [6.07, 6.45) is -2.87. The molecular weight excluding hydrogens is 369 g/mol. The molecule has 4 aromatic rings. The van der Waals surface area contributed by atoms with Crippen molar-refractivity contribution in [3.63, 3.8) is 0 Å². The number of hydrogen-bond acceptors (Lipinski definition) is 3. The van der Waals surface area contributed by atoms with E-state index in [4.69, 9.17) is 0 Å². The Balaban J connectivity index is 1.77. The maximum Gasteiger partial charge on any atom is 0.416 e. The lowest BCUT2D eigenvalue weighted by Crippen LogP contribution is -2.13. The van der Waals surface area contributed by atoms with Gasteiger partial charge in [0.15, 0.2) is 5.82 Å². The molecule has 0 saturated heterocycles. The van der Waals surface area contributed by atoms with Crippen LogP contribution < -0.4 is 5.32 Å². The van der Waals surface area contributed by atoms with Gasteiger partial charge in [-0.25, -0.2) is 4.98 Å². The Kier molecular flexibility index (Phi) is 4.31. The van der Waals surface area contributed by atoms with Gasteiger partial charge in [0.2, 0.25) is 0 Å². The number of pyridine rings is 1. The first kappa shape index (κ1) is 17.7. The van der Waals surface area contributed by atoms with E-state index < -0.39 is 17.6 Å². The summed E-state index contributed by atoms with van der Waals surface area (Å²) in [5.74, 6) is -0.0533. The average molecular weight is 382 g/mol. The summed E-state index contributed by atoms with van der Waals surface area (Å²) in [6, 6.07) is 15.0. The predicted octanol–water partition coefficient (Wildman–Crippen LogP) is 4.90. The first-order valence-electron chi connectivity index (χ1n) is 8.30. The van der Waals surface area contributed by atoms with Gasteiger partial charge >= 0.3 is 6.18 Å². The molecule has 0 bridgehead atoms. The minimum Gasteiger partial charge on any atom is -0.305 e. The number of anilines is 1. The van der Waals surface area contributed by atoms with Crippen LogP contribution in [0.2, 0.25) is 0 Å². The minimum atomic E-state index is -4.44. The van der Waals surface area contributed by atoms with Gasteiger partial charge in [0.25, 0.3) is 5.91 Å². The number of benzene rings is 2. The number of fused-ring (bicyclic) bond motifs is 1.